The van der Waals surface area contributed by atoms with Crippen molar-refractivity contribution in [2.45, 2.75) is 24.8 Å². The smallest absolute Gasteiger partial charge is 0.241 e. The maximum atomic E-state index is 12.3. The molecule has 0 spiro atoms. The number of rotatable bonds is 5. The van der Waals surface area contributed by atoms with E-state index >= 15 is 0 Å². The molecule has 2 rings (SSSR count). The molecule has 1 aromatic heterocycles. The van der Waals surface area contributed by atoms with Gasteiger partial charge in [-0.15, -0.1) is 0 Å². The molecule has 0 saturated carbocycles. The minimum Gasteiger partial charge on any atom is -0.399 e. The molecule has 0 aliphatic carbocycles. The number of nitrogens with one attached hydrogen (secondary N) is 1. The molecule has 0 bridgehead atoms. The summed E-state index contributed by atoms with van der Waals surface area (Å²) in [5.41, 5.74) is 7.52. The average molecular weight is 294 g/mol. The fourth-order valence-electron chi connectivity index (χ4n) is 1.92. The second-order valence-electron chi connectivity index (χ2n) is 4.53. The van der Waals surface area contributed by atoms with E-state index in [1.165, 1.54) is 6.07 Å². The van der Waals surface area contributed by atoms with Crippen molar-refractivity contribution in [2.24, 2.45) is 7.05 Å². The summed E-state index contributed by atoms with van der Waals surface area (Å²) in [6, 6.07) is 6.70. The number of aryl methyl sites for hydroxylation is 2. The second kappa shape index (κ2) is 5.64. The number of nitrogen functional groups attached to an aromatic ring is 1. The van der Waals surface area contributed by atoms with Gasteiger partial charge in [0.1, 0.15) is 0 Å². The van der Waals surface area contributed by atoms with Crippen molar-refractivity contribution in [3.63, 3.8) is 0 Å². The minimum atomic E-state index is -3.59. The van der Waals surface area contributed by atoms with Crippen LogP contribution in [0.25, 0.3) is 0 Å². The van der Waals surface area contributed by atoms with Crippen LogP contribution in [0.15, 0.2) is 35.4 Å². The van der Waals surface area contributed by atoms with E-state index in [1.54, 1.807) is 36.1 Å². The molecule has 3 N–H and O–H groups in total. The lowest BCUT2D eigenvalue weighted by atomic mass is 10.1. The molecule has 0 aliphatic heterocycles. The SMILES string of the molecule is CCc1ccc(N)cc1S(=O)(=O)NCc1ccn(C)n1. The van der Waals surface area contributed by atoms with Gasteiger partial charge in [-0.1, -0.05) is 13.0 Å². The molecule has 0 aliphatic rings. The molecule has 0 saturated heterocycles. The van der Waals surface area contributed by atoms with Gasteiger partial charge < -0.3 is 5.73 Å². The van der Waals surface area contributed by atoms with Crippen LogP contribution in [-0.4, -0.2) is 18.2 Å². The van der Waals surface area contributed by atoms with Crippen molar-refractivity contribution in [3.8, 4) is 0 Å². The minimum absolute atomic E-state index is 0.154. The molecule has 108 valence electrons. The maximum Gasteiger partial charge on any atom is 0.241 e. The third-order valence-corrected chi connectivity index (χ3v) is 4.46. The molecule has 0 atom stereocenters. The summed E-state index contributed by atoms with van der Waals surface area (Å²) in [5, 5.41) is 4.13. The summed E-state index contributed by atoms with van der Waals surface area (Å²) in [7, 11) is -1.81. The Morgan fingerprint density at radius 2 is 2.10 bits per heavy atom. The van der Waals surface area contributed by atoms with E-state index in [4.69, 9.17) is 5.73 Å². The van der Waals surface area contributed by atoms with E-state index in [-0.39, 0.29) is 11.4 Å². The van der Waals surface area contributed by atoms with Crippen molar-refractivity contribution in [2.75, 3.05) is 5.73 Å². The van der Waals surface area contributed by atoms with Gasteiger partial charge in [-0.3, -0.25) is 4.68 Å². The van der Waals surface area contributed by atoms with E-state index in [1.807, 2.05) is 6.92 Å². The summed E-state index contributed by atoms with van der Waals surface area (Å²) >= 11 is 0. The van der Waals surface area contributed by atoms with Crippen LogP contribution in [0.4, 0.5) is 5.69 Å². The summed E-state index contributed by atoms with van der Waals surface area (Å²) < 4.78 is 28.9. The average Bonchev–Trinajstić information content (AvgIpc) is 2.82. The van der Waals surface area contributed by atoms with Crippen LogP contribution in [0.2, 0.25) is 0 Å². The number of nitrogens with two attached hydrogens (primary N) is 1. The molecular weight excluding hydrogens is 276 g/mol. The Hall–Kier alpha value is -1.86. The molecule has 2 aromatic rings. The van der Waals surface area contributed by atoms with Crippen molar-refractivity contribution in [1.29, 1.82) is 0 Å². The second-order valence-corrected chi connectivity index (χ2v) is 6.26. The van der Waals surface area contributed by atoms with E-state index < -0.39 is 10.0 Å². The third kappa shape index (κ3) is 3.17. The first-order chi connectivity index (χ1) is 9.42. The van der Waals surface area contributed by atoms with E-state index in [0.717, 1.165) is 5.56 Å². The van der Waals surface area contributed by atoms with Crippen LogP contribution < -0.4 is 10.5 Å². The summed E-state index contributed by atoms with van der Waals surface area (Å²) in [6.07, 6.45) is 2.39. The maximum absolute atomic E-state index is 12.3. The number of aromatic nitrogens is 2. The zero-order valence-corrected chi connectivity index (χ0v) is 12.3. The van der Waals surface area contributed by atoms with Crippen molar-refractivity contribution in [1.82, 2.24) is 14.5 Å². The van der Waals surface area contributed by atoms with Gasteiger partial charge >= 0.3 is 0 Å². The van der Waals surface area contributed by atoms with Crippen LogP contribution in [0.5, 0.6) is 0 Å². The Balaban J connectivity index is 2.24. The van der Waals surface area contributed by atoms with Gasteiger partial charge in [0.25, 0.3) is 0 Å². The summed E-state index contributed by atoms with van der Waals surface area (Å²) in [6.45, 7) is 2.06. The summed E-state index contributed by atoms with van der Waals surface area (Å²) in [5.74, 6) is 0. The largest absolute Gasteiger partial charge is 0.399 e. The van der Waals surface area contributed by atoms with Gasteiger partial charge in [0.15, 0.2) is 0 Å². The Bertz CT molecular complexity index is 707. The van der Waals surface area contributed by atoms with Gasteiger partial charge in [-0.25, -0.2) is 13.1 Å². The number of hydrogen-bond acceptors (Lipinski definition) is 4. The zero-order valence-electron chi connectivity index (χ0n) is 11.5. The molecule has 0 radical (unpaired) electrons. The first kappa shape index (κ1) is 14.5. The topological polar surface area (TPSA) is 90.0 Å². The molecule has 1 aromatic carbocycles. The van der Waals surface area contributed by atoms with Crippen molar-refractivity contribution >= 4 is 15.7 Å². The Labute approximate surface area is 118 Å². The molecule has 1 heterocycles. The fourth-order valence-corrected chi connectivity index (χ4v) is 3.26. The van der Waals surface area contributed by atoms with Crippen LogP contribution in [0, 0.1) is 0 Å². The Kier molecular flexibility index (Phi) is 4.10. The predicted molar refractivity (Wildman–Crippen MR) is 77.5 cm³/mol. The van der Waals surface area contributed by atoms with Crippen LogP contribution >= 0.6 is 0 Å². The number of hydrogen-bond donors (Lipinski definition) is 2. The normalized spacial score (nSPS) is 11.7. The predicted octanol–water partition coefficient (Wildman–Crippen LogP) is 1.04. The highest BCUT2D eigenvalue weighted by atomic mass is 32.2. The highest BCUT2D eigenvalue weighted by molar-refractivity contribution is 7.89. The van der Waals surface area contributed by atoms with E-state index in [2.05, 4.69) is 9.82 Å². The number of sulfonamides is 1. The van der Waals surface area contributed by atoms with E-state index in [9.17, 15) is 8.42 Å². The van der Waals surface area contributed by atoms with Crippen LogP contribution in [0.3, 0.4) is 0 Å². The van der Waals surface area contributed by atoms with Gasteiger partial charge in [-0.05, 0) is 30.2 Å². The lowest BCUT2D eigenvalue weighted by Crippen LogP contribution is -2.24. The molecule has 0 unspecified atom stereocenters. The monoisotopic (exact) mass is 294 g/mol. The van der Waals surface area contributed by atoms with Crippen molar-refractivity contribution < 1.29 is 8.42 Å². The molecule has 0 fully saturated rings. The third-order valence-electron chi connectivity index (χ3n) is 2.97. The number of benzene rings is 1. The lowest BCUT2D eigenvalue weighted by Gasteiger charge is -2.10. The first-order valence-electron chi connectivity index (χ1n) is 6.29. The molecule has 6 nitrogen and oxygen atoms in total. The highest BCUT2D eigenvalue weighted by Crippen LogP contribution is 2.19. The quantitative estimate of drug-likeness (QED) is 0.806. The molecule has 0 amide bonds. The highest BCUT2D eigenvalue weighted by Gasteiger charge is 2.18. The van der Waals surface area contributed by atoms with E-state index in [0.29, 0.717) is 17.8 Å². The Morgan fingerprint density at radius 1 is 1.35 bits per heavy atom. The molecule has 20 heavy (non-hydrogen) atoms. The Morgan fingerprint density at radius 3 is 2.70 bits per heavy atom. The number of anilines is 1. The first-order valence-corrected chi connectivity index (χ1v) is 7.77. The lowest BCUT2D eigenvalue weighted by molar-refractivity contribution is 0.578. The van der Waals surface area contributed by atoms with Gasteiger partial charge in [0.2, 0.25) is 10.0 Å². The van der Waals surface area contributed by atoms with Crippen molar-refractivity contribution in [3.05, 3.63) is 41.7 Å². The van der Waals surface area contributed by atoms with Gasteiger partial charge in [0, 0.05) is 18.9 Å². The van der Waals surface area contributed by atoms with Gasteiger partial charge in [0.05, 0.1) is 17.1 Å². The number of nitrogens with zero attached hydrogens (tertiary/aromatic N) is 2. The van der Waals surface area contributed by atoms with Crippen LogP contribution in [0.1, 0.15) is 18.2 Å². The summed E-state index contributed by atoms with van der Waals surface area (Å²) in [4.78, 5) is 0.232. The zero-order chi connectivity index (χ0) is 14.8. The molecule has 7 heteroatoms. The van der Waals surface area contributed by atoms with Gasteiger partial charge in [-0.2, -0.15) is 5.10 Å². The van der Waals surface area contributed by atoms with Crippen LogP contribution in [-0.2, 0) is 30.0 Å². The fraction of sp³-hybridized carbons (Fsp3) is 0.308. The standard InChI is InChI=1S/C13H18N4O2S/c1-3-10-4-5-11(14)8-13(10)20(18,19)15-9-12-6-7-17(2)16-12/h4-8,15H,3,9,14H2,1-2H3. The molecular formula is C13H18N4O2S.